The molecule has 7 heteroatoms. The second kappa shape index (κ2) is 9.18. The Morgan fingerprint density at radius 1 is 1.00 bits per heavy atom. The van der Waals surface area contributed by atoms with Crippen molar-refractivity contribution in [2.24, 2.45) is 11.8 Å². The van der Waals surface area contributed by atoms with Crippen LogP contribution in [-0.2, 0) is 9.53 Å². The van der Waals surface area contributed by atoms with E-state index in [0.717, 1.165) is 76.3 Å². The Morgan fingerprint density at radius 2 is 1.83 bits per heavy atom. The highest BCUT2D eigenvalue weighted by molar-refractivity contribution is 7.17. The first-order valence-electron chi connectivity index (χ1n) is 11.6. The fourth-order valence-corrected chi connectivity index (χ4v) is 6.44. The molecule has 5 rings (SSSR count). The van der Waals surface area contributed by atoms with Crippen LogP contribution in [0, 0.1) is 11.8 Å². The van der Waals surface area contributed by atoms with Crippen molar-refractivity contribution in [3.63, 3.8) is 0 Å². The van der Waals surface area contributed by atoms with Crippen LogP contribution in [0.3, 0.4) is 0 Å². The van der Waals surface area contributed by atoms with E-state index in [9.17, 15) is 4.79 Å². The number of carbonyl (C=O) groups is 1. The third-order valence-corrected chi connectivity index (χ3v) is 8.16. The fraction of sp³-hybridized carbons (Fsp3) is 0.696. The van der Waals surface area contributed by atoms with Gasteiger partial charge in [-0.25, -0.2) is 9.97 Å². The van der Waals surface area contributed by atoms with Gasteiger partial charge in [0.2, 0.25) is 5.91 Å². The van der Waals surface area contributed by atoms with E-state index in [4.69, 9.17) is 4.74 Å². The Balaban J connectivity index is 1.28. The predicted octanol–water partition coefficient (Wildman–Crippen LogP) is 4.11. The van der Waals surface area contributed by atoms with Crippen LogP contribution in [0.2, 0.25) is 0 Å². The smallest absolute Gasteiger partial charge is 0.226 e. The van der Waals surface area contributed by atoms with Crippen LogP contribution in [0.1, 0.15) is 51.4 Å². The van der Waals surface area contributed by atoms with Crippen molar-refractivity contribution in [3.8, 4) is 0 Å². The summed E-state index contributed by atoms with van der Waals surface area (Å²) < 4.78 is 6.69. The van der Waals surface area contributed by atoms with E-state index in [1.54, 1.807) is 17.7 Å². The minimum atomic E-state index is 0.174. The molecule has 6 nitrogen and oxygen atoms in total. The summed E-state index contributed by atoms with van der Waals surface area (Å²) in [5, 5.41) is 2.10. The third-order valence-electron chi connectivity index (χ3n) is 7.26. The topological polar surface area (TPSA) is 58.6 Å². The molecular weight excluding hydrogens is 396 g/mol. The van der Waals surface area contributed by atoms with Crippen molar-refractivity contribution in [1.82, 2.24) is 14.9 Å². The second-order valence-electron chi connectivity index (χ2n) is 8.99. The lowest BCUT2D eigenvalue weighted by Gasteiger charge is -2.42. The molecule has 3 saturated heterocycles. The number of rotatable bonds is 3. The Morgan fingerprint density at radius 3 is 2.67 bits per heavy atom. The molecule has 1 atom stereocenters. The highest BCUT2D eigenvalue weighted by Crippen LogP contribution is 2.35. The van der Waals surface area contributed by atoms with Crippen LogP contribution in [0.5, 0.6) is 0 Å². The number of hydrogen-bond acceptors (Lipinski definition) is 6. The normalized spacial score (nSPS) is 24.9. The zero-order valence-corrected chi connectivity index (χ0v) is 18.5. The summed E-state index contributed by atoms with van der Waals surface area (Å²) in [5.74, 6) is 2.27. The summed E-state index contributed by atoms with van der Waals surface area (Å²) in [6, 6.07) is 2.49. The van der Waals surface area contributed by atoms with Crippen LogP contribution in [0.4, 0.5) is 5.82 Å². The molecule has 3 aliphatic rings. The number of carbonyl (C=O) groups excluding carboxylic acids is 1. The SMILES string of the molecule is O=C(C1CCOCC1)N1CCCCCC1C1CCN(c2ncnc3ccsc23)CC1. The molecular formula is C23H32N4O2S. The molecule has 0 aromatic carbocycles. The highest BCUT2D eigenvalue weighted by atomic mass is 32.1. The first-order chi connectivity index (χ1) is 14.8. The maximum absolute atomic E-state index is 13.4. The van der Waals surface area contributed by atoms with Gasteiger partial charge in [0, 0.05) is 44.8 Å². The van der Waals surface area contributed by atoms with Gasteiger partial charge in [-0.2, -0.15) is 0 Å². The number of nitrogens with zero attached hydrogens (tertiary/aromatic N) is 4. The number of piperidine rings is 1. The van der Waals surface area contributed by atoms with Gasteiger partial charge in [0.15, 0.2) is 0 Å². The number of hydrogen-bond donors (Lipinski definition) is 0. The standard InChI is InChI=1S/C23H32N4O2S/c28-23(18-7-13-29-14-8-18)27-10-3-1-2-4-20(27)17-5-11-26(12-6-17)22-21-19(9-15-30-21)24-16-25-22/h9,15-18,20H,1-8,10-14H2. The Kier molecular flexibility index (Phi) is 6.18. The molecule has 0 spiro atoms. The van der Waals surface area contributed by atoms with Gasteiger partial charge >= 0.3 is 0 Å². The molecule has 0 N–H and O–H groups in total. The van der Waals surface area contributed by atoms with Gasteiger partial charge in [-0.05, 0) is 55.9 Å². The van der Waals surface area contributed by atoms with Crippen molar-refractivity contribution in [2.45, 2.75) is 57.4 Å². The quantitative estimate of drug-likeness (QED) is 0.736. The maximum Gasteiger partial charge on any atom is 0.226 e. The minimum Gasteiger partial charge on any atom is -0.381 e. The molecule has 3 aliphatic heterocycles. The fourth-order valence-electron chi connectivity index (χ4n) is 5.57. The van der Waals surface area contributed by atoms with E-state index in [-0.39, 0.29) is 5.92 Å². The first kappa shape index (κ1) is 20.2. The molecule has 1 unspecified atom stereocenters. The summed E-state index contributed by atoms with van der Waals surface area (Å²) in [5.41, 5.74) is 1.05. The number of thiophene rings is 1. The van der Waals surface area contributed by atoms with Crippen molar-refractivity contribution in [1.29, 1.82) is 0 Å². The molecule has 30 heavy (non-hydrogen) atoms. The molecule has 2 aromatic heterocycles. The van der Waals surface area contributed by atoms with Gasteiger partial charge in [-0.15, -0.1) is 11.3 Å². The Labute approximate surface area is 182 Å². The Hall–Kier alpha value is -1.73. The molecule has 0 radical (unpaired) electrons. The third kappa shape index (κ3) is 4.06. The number of amides is 1. The summed E-state index contributed by atoms with van der Waals surface area (Å²) in [7, 11) is 0. The molecule has 162 valence electrons. The molecule has 0 bridgehead atoms. The summed E-state index contributed by atoms with van der Waals surface area (Å²) in [6.45, 7) is 4.46. The molecule has 0 saturated carbocycles. The van der Waals surface area contributed by atoms with Crippen LogP contribution >= 0.6 is 11.3 Å². The number of anilines is 1. The highest BCUT2D eigenvalue weighted by Gasteiger charge is 2.37. The van der Waals surface area contributed by atoms with Gasteiger partial charge in [0.05, 0.1) is 10.2 Å². The average Bonchev–Trinajstić information content (AvgIpc) is 3.16. The van der Waals surface area contributed by atoms with E-state index in [1.807, 2.05) is 0 Å². The Bertz CT molecular complexity index is 858. The second-order valence-corrected chi connectivity index (χ2v) is 9.91. The largest absolute Gasteiger partial charge is 0.381 e. The number of likely N-dealkylation sites (tertiary alicyclic amines) is 1. The lowest BCUT2D eigenvalue weighted by atomic mass is 9.85. The molecule has 0 aliphatic carbocycles. The average molecular weight is 429 g/mol. The van der Waals surface area contributed by atoms with Crippen molar-refractivity contribution in [3.05, 3.63) is 17.8 Å². The first-order valence-corrected chi connectivity index (χ1v) is 12.5. The van der Waals surface area contributed by atoms with Crippen LogP contribution < -0.4 is 4.90 Å². The van der Waals surface area contributed by atoms with Crippen LogP contribution in [0.15, 0.2) is 17.8 Å². The number of fused-ring (bicyclic) bond motifs is 1. The van der Waals surface area contributed by atoms with E-state index < -0.39 is 0 Å². The van der Waals surface area contributed by atoms with Crippen molar-refractivity contribution < 1.29 is 9.53 Å². The van der Waals surface area contributed by atoms with Gasteiger partial charge in [0.25, 0.3) is 0 Å². The van der Waals surface area contributed by atoms with E-state index in [1.165, 1.54) is 24.0 Å². The van der Waals surface area contributed by atoms with Crippen LogP contribution in [-0.4, -0.2) is 59.7 Å². The van der Waals surface area contributed by atoms with Gasteiger partial charge < -0.3 is 14.5 Å². The zero-order chi connectivity index (χ0) is 20.3. The van der Waals surface area contributed by atoms with Gasteiger partial charge in [0.1, 0.15) is 12.1 Å². The van der Waals surface area contributed by atoms with Gasteiger partial charge in [-0.3, -0.25) is 4.79 Å². The van der Waals surface area contributed by atoms with E-state index in [0.29, 0.717) is 17.9 Å². The lowest BCUT2D eigenvalue weighted by Crippen LogP contribution is -2.50. The monoisotopic (exact) mass is 428 g/mol. The summed E-state index contributed by atoms with van der Waals surface area (Å²) in [4.78, 5) is 27.1. The number of aromatic nitrogens is 2. The van der Waals surface area contributed by atoms with Gasteiger partial charge in [-0.1, -0.05) is 12.8 Å². The molecule has 2 aromatic rings. The summed E-state index contributed by atoms with van der Waals surface area (Å²) in [6.07, 6.45) is 10.6. The maximum atomic E-state index is 13.4. The molecule has 5 heterocycles. The summed E-state index contributed by atoms with van der Waals surface area (Å²) >= 11 is 1.73. The van der Waals surface area contributed by atoms with E-state index >= 15 is 0 Å². The van der Waals surface area contributed by atoms with Crippen LogP contribution in [0.25, 0.3) is 10.2 Å². The lowest BCUT2D eigenvalue weighted by molar-refractivity contribution is -0.142. The number of ether oxygens (including phenoxy) is 1. The van der Waals surface area contributed by atoms with E-state index in [2.05, 4.69) is 31.2 Å². The zero-order valence-electron chi connectivity index (χ0n) is 17.7. The minimum absolute atomic E-state index is 0.174. The van der Waals surface area contributed by atoms with Crippen molar-refractivity contribution in [2.75, 3.05) is 37.7 Å². The van der Waals surface area contributed by atoms with Crippen molar-refractivity contribution >= 4 is 33.3 Å². The molecule has 3 fully saturated rings. The predicted molar refractivity (Wildman–Crippen MR) is 120 cm³/mol. The molecule has 1 amide bonds.